The maximum atomic E-state index is 11.5. The van der Waals surface area contributed by atoms with Crippen LogP contribution in [0.4, 0.5) is 0 Å². The van der Waals surface area contributed by atoms with E-state index in [1.807, 2.05) is 0 Å². The van der Waals surface area contributed by atoms with Gasteiger partial charge in [-0.15, -0.1) is 0 Å². The fraction of sp³-hybridized carbons (Fsp3) is 0.0588. The maximum Gasteiger partial charge on any atom is 0.346 e. The standard InChI is InChI=1S/C17H12O5S/c1-23(20,21)14-8-6-12(7-9-14)11-2-4-13(5-3-11)15-10-16(18)22-17(15)19/h2-10H,1H3. The van der Waals surface area contributed by atoms with Gasteiger partial charge in [-0.1, -0.05) is 36.4 Å². The Kier molecular flexibility index (Phi) is 3.61. The van der Waals surface area contributed by atoms with Gasteiger partial charge in [-0.05, 0) is 28.8 Å². The number of carbonyl (C=O) groups is 2. The lowest BCUT2D eigenvalue weighted by atomic mass is 10.0. The van der Waals surface area contributed by atoms with Gasteiger partial charge in [0.15, 0.2) is 9.84 Å². The van der Waals surface area contributed by atoms with Crippen molar-refractivity contribution in [3.8, 4) is 11.1 Å². The van der Waals surface area contributed by atoms with Crippen LogP contribution in [0.2, 0.25) is 0 Å². The molecule has 0 spiro atoms. The Bertz CT molecular complexity index is 920. The molecule has 0 bridgehead atoms. The van der Waals surface area contributed by atoms with Crippen LogP contribution in [-0.2, 0) is 24.2 Å². The van der Waals surface area contributed by atoms with Crippen LogP contribution in [0, 0.1) is 0 Å². The van der Waals surface area contributed by atoms with Crippen LogP contribution in [-0.4, -0.2) is 26.6 Å². The Morgan fingerprint density at radius 2 is 1.26 bits per heavy atom. The second-order valence-corrected chi connectivity index (χ2v) is 7.16. The van der Waals surface area contributed by atoms with Crippen molar-refractivity contribution in [2.45, 2.75) is 4.90 Å². The third kappa shape index (κ3) is 3.07. The lowest BCUT2D eigenvalue weighted by Gasteiger charge is -2.05. The largest absolute Gasteiger partial charge is 0.386 e. The molecule has 1 heterocycles. The van der Waals surface area contributed by atoms with Crippen LogP contribution in [0.5, 0.6) is 0 Å². The molecular weight excluding hydrogens is 316 g/mol. The third-order valence-corrected chi connectivity index (χ3v) is 4.62. The molecule has 1 aliphatic rings. The van der Waals surface area contributed by atoms with E-state index < -0.39 is 21.8 Å². The molecule has 1 aliphatic heterocycles. The van der Waals surface area contributed by atoms with E-state index in [1.54, 1.807) is 48.5 Å². The average Bonchev–Trinajstić information content (AvgIpc) is 2.85. The molecule has 0 N–H and O–H groups in total. The Morgan fingerprint density at radius 1 is 0.783 bits per heavy atom. The van der Waals surface area contributed by atoms with Gasteiger partial charge in [-0.3, -0.25) is 0 Å². The first-order valence-corrected chi connectivity index (χ1v) is 8.62. The highest BCUT2D eigenvalue weighted by molar-refractivity contribution is 7.90. The molecule has 0 aromatic heterocycles. The SMILES string of the molecule is CS(=O)(=O)c1ccc(-c2ccc(C3=CC(=O)OC3=O)cc2)cc1. The summed E-state index contributed by atoms with van der Waals surface area (Å²) in [5.41, 5.74) is 2.54. The van der Waals surface area contributed by atoms with E-state index in [-0.39, 0.29) is 10.5 Å². The minimum atomic E-state index is -3.22. The van der Waals surface area contributed by atoms with Gasteiger partial charge in [-0.25, -0.2) is 18.0 Å². The number of rotatable bonds is 3. The normalized spacial score (nSPS) is 14.6. The summed E-state index contributed by atoms with van der Waals surface area (Å²) in [4.78, 5) is 22.8. The first-order valence-electron chi connectivity index (χ1n) is 6.73. The summed E-state index contributed by atoms with van der Waals surface area (Å²) in [7, 11) is -3.22. The lowest BCUT2D eigenvalue weighted by molar-refractivity contribution is -0.149. The van der Waals surface area contributed by atoms with E-state index in [1.165, 1.54) is 0 Å². The van der Waals surface area contributed by atoms with Gasteiger partial charge >= 0.3 is 11.9 Å². The van der Waals surface area contributed by atoms with Crippen LogP contribution in [0.15, 0.2) is 59.5 Å². The van der Waals surface area contributed by atoms with Crippen LogP contribution in [0.3, 0.4) is 0 Å². The zero-order valence-electron chi connectivity index (χ0n) is 12.1. The molecular formula is C17H12O5S. The maximum absolute atomic E-state index is 11.5. The smallest absolute Gasteiger partial charge is 0.346 e. The number of carbonyl (C=O) groups excluding carboxylic acids is 2. The number of hydrogen-bond donors (Lipinski definition) is 0. The quantitative estimate of drug-likeness (QED) is 0.638. The molecule has 5 nitrogen and oxygen atoms in total. The summed E-state index contributed by atoms with van der Waals surface area (Å²) >= 11 is 0. The van der Waals surface area contributed by atoms with Gasteiger partial charge in [0.2, 0.25) is 0 Å². The minimum Gasteiger partial charge on any atom is -0.386 e. The van der Waals surface area contributed by atoms with Crippen molar-refractivity contribution >= 4 is 27.3 Å². The first kappa shape index (κ1) is 15.2. The van der Waals surface area contributed by atoms with E-state index in [4.69, 9.17) is 0 Å². The van der Waals surface area contributed by atoms with Gasteiger partial charge in [0.25, 0.3) is 0 Å². The third-order valence-electron chi connectivity index (χ3n) is 3.49. The highest BCUT2D eigenvalue weighted by Gasteiger charge is 2.24. The van der Waals surface area contributed by atoms with Crippen molar-refractivity contribution in [2.75, 3.05) is 6.26 Å². The number of cyclic esters (lactones) is 2. The molecule has 0 unspecified atom stereocenters. The van der Waals surface area contributed by atoms with Gasteiger partial charge in [0, 0.05) is 12.3 Å². The van der Waals surface area contributed by atoms with Crippen molar-refractivity contribution in [2.24, 2.45) is 0 Å². The van der Waals surface area contributed by atoms with Crippen molar-refractivity contribution in [1.29, 1.82) is 0 Å². The molecule has 0 radical (unpaired) electrons. The molecule has 23 heavy (non-hydrogen) atoms. The molecule has 0 saturated heterocycles. The van der Waals surface area contributed by atoms with Gasteiger partial charge in [-0.2, -0.15) is 0 Å². The monoisotopic (exact) mass is 328 g/mol. The molecule has 2 aromatic rings. The predicted molar refractivity (Wildman–Crippen MR) is 84.1 cm³/mol. The van der Waals surface area contributed by atoms with E-state index in [0.29, 0.717) is 5.56 Å². The summed E-state index contributed by atoms with van der Waals surface area (Å²) in [5, 5.41) is 0. The summed E-state index contributed by atoms with van der Waals surface area (Å²) < 4.78 is 27.4. The van der Waals surface area contributed by atoms with Crippen molar-refractivity contribution in [3.05, 3.63) is 60.2 Å². The average molecular weight is 328 g/mol. The highest BCUT2D eigenvalue weighted by atomic mass is 32.2. The predicted octanol–water partition coefficient (Wildman–Crippen LogP) is 2.22. The summed E-state index contributed by atoms with van der Waals surface area (Å²) in [6.45, 7) is 0. The topological polar surface area (TPSA) is 77.5 Å². The van der Waals surface area contributed by atoms with E-state index >= 15 is 0 Å². The molecule has 6 heteroatoms. The Balaban J connectivity index is 1.90. The summed E-state index contributed by atoms with van der Waals surface area (Å²) in [6.07, 6.45) is 2.32. The zero-order chi connectivity index (χ0) is 16.6. The molecule has 116 valence electrons. The number of esters is 2. The van der Waals surface area contributed by atoms with Crippen LogP contribution < -0.4 is 0 Å². The Labute approximate surface area is 133 Å². The molecule has 0 saturated carbocycles. The van der Waals surface area contributed by atoms with Gasteiger partial charge in [0.05, 0.1) is 10.5 Å². The number of hydrogen-bond acceptors (Lipinski definition) is 5. The molecule has 0 fully saturated rings. The molecule has 2 aromatic carbocycles. The fourth-order valence-electron chi connectivity index (χ4n) is 2.29. The van der Waals surface area contributed by atoms with Gasteiger partial charge in [0.1, 0.15) is 0 Å². The minimum absolute atomic E-state index is 0.231. The number of ether oxygens (including phenoxy) is 1. The molecule has 0 atom stereocenters. The Morgan fingerprint density at radius 3 is 1.70 bits per heavy atom. The van der Waals surface area contributed by atoms with E-state index in [9.17, 15) is 18.0 Å². The second-order valence-electron chi connectivity index (χ2n) is 5.14. The van der Waals surface area contributed by atoms with Gasteiger partial charge < -0.3 is 4.74 Å². The first-order chi connectivity index (χ1) is 10.8. The van der Waals surface area contributed by atoms with Crippen molar-refractivity contribution in [3.63, 3.8) is 0 Å². The van der Waals surface area contributed by atoms with E-state index in [0.717, 1.165) is 23.5 Å². The molecule has 0 aliphatic carbocycles. The highest BCUT2D eigenvalue weighted by Crippen LogP contribution is 2.26. The fourth-order valence-corrected chi connectivity index (χ4v) is 2.92. The number of sulfone groups is 1. The van der Waals surface area contributed by atoms with Crippen molar-refractivity contribution < 1.29 is 22.7 Å². The van der Waals surface area contributed by atoms with Crippen LogP contribution in [0.1, 0.15) is 5.56 Å². The van der Waals surface area contributed by atoms with Crippen molar-refractivity contribution in [1.82, 2.24) is 0 Å². The van der Waals surface area contributed by atoms with Crippen LogP contribution in [0.25, 0.3) is 16.7 Å². The summed E-state index contributed by atoms with van der Waals surface area (Å²) in [6, 6.07) is 13.6. The zero-order valence-corrected chi connectivity index (χ0v) is 13.0. The van der Waals surface area contributed by atoms with E-state index in [2.05, 4.69) is 4.74 Å². The van der Waals surface area contributed by atoms with Crippen LogP contribution >= 0.6 is 0 Å². The molecule has 3 rings (SSSR count). The molecule has 0 amide bonds. The summed E-state index contributed by atoms with van der Waals surface area (Å²) in [5.74, 6) is -1.31. The Hall–Kier alpha value is -2.73. The lowest BCUT2D eigenvalue weighted by Crippen LogP contribution is -2.01. The second kappa shape index (κ2) is 5.48. The number of benzene rings is 2.